The molecule has 21 heavy (non-hydrogen) atoms. The van der Waals surface area contributed by atoms with Gasteiger partial charge in [-0.2, -0.15) is 5.10 Å². The van der Waals surface area contributed by atoms with E-state index in [1.807, 2.05) is 0 Å². The fraction of sp³-hybridized carbons (Fsp3) is 0.143. The largest absolute Gasteiger partial charge is 0.395 e. The molecule has 0 aliphatic heterocycles. The lowest BCUT2D eigenvalue weighted by Gasteiger charge is -2.06. The van der Waals surface area contributed by atoms with Gasteiger partial charge in [-0.3, -0.25) is 4.72 Å². The number of hydrogen-bond acceptors (Lipinski definition) is 5. The van der Waals surface area contributed by atoms with Crippen molar-refractivity contribution in [1.82, 2.24) is 10.2 Å². The van der Waals surface area contributed by atoms with Crippen molar-refractivity contribution >= 4 is 15.8 Å². The van der Waals surface area contributed by atoms with Crippen LogP contribution in [0.3, 0.4) is 0 Å². The first-order valence-electron chi connectivity index (χ1n) is 6.12. The van der Waals surface area contributed by atoms with Crippen LogP contribution < -0.4 is 4.72 Å². The average Bonchev–Trinajstić information content (AvgIpc) is 2.49. The highest BCUT2D eigenvalue weighted by Gasteiger charge is 2.14. The van der Waals surface area contributed by atoms with E-state index in [0.717, 1.165) is 0 Å². The number of aliphatic hydroxyl groups is 1. The molecule has 0 saturated carbocycles. The average molecular weight is 303 g/mol. The van der Waals surface area contributed by atoms with E-state index in [0.29, 0.717) is 12.0 Å². The second kappa shape index (κ2) is 6.83. The molecule has 1 aromatic heterocycles. The molecule has 1 aromatic carbocycles. The van der Waals surface area contributed by atoms with Crippen LogP contribution in [-0.2, 0) is 10.0 Å². The summed E-state index contributed by atoms with van der Waals surface area (Å²) in [5, 5.41) is 15.9. The van der Waals surface area contributed by atoms with Crippen molar-refractivity contribution < 1.29 is 13.5 Å². The molecule has 0 fully saturated rings. The number of benzene rings is 1. The number of rotatable bonds is 4. The minimum Gasteiger partial charge on any atom is -0.395 e. The third-order valence-corrected chi connectivity index (χ3v) is 3.82. The Bertz CT molecular complexity index is 748. The van der Waals surface area contributed by atoms with Crippen LogP contribution in [0.4, 0.5) is 5.82 Å². The predicted octanol–water partition coefficient (Wildman–Crippen LogP) is 1.01. The van der Waals surface area contributed by atoms with Gasteiger partial charge in [0, 0.05) is 18.2 Å². The first-order chi connectivity index (χ1) is 10.1. The van der Waals surface area contributed by atoms with Crippen LogP contribution in [0.5, 0.6) is 0 Å². The molecule has 2 N–H and O–H groups in total. The first-order valence-corrected chi connectivity index (χ1v) is 7.60. The normalized spacial score (nSPS) is 10.5. The van der Waals surface area contributed by atoms with Crippen LogP contribution in [0.1, 0.15) is 12.0 Å². The first kappa shape index (κ1) is 15.0. The van der Waals surface area contributed by atoms with Gasteiger partial charge in [0.05, 0.1) is 11.5 Å². The van der Waals surface area contributed by atoms with E-state index in [1.165, 1.54) is 24.4 Å². The van der Waals surface area contributed by atoms with Gasteiger partial charge in [0.15, 0.2) is 5.82 Å². The minimum absolute atomic E-state index is 0.00148. The molecule has 2 aromatic rings. The van der Waals surface area contributed by atoms with Crippen molar-refractivity contribution in [3.63, 3.8) is 0 Å². The predicted molar refractivity (Wildman–Crippen MR) is 77.9 cm³/mol. The highest BCUT2D eigenvalue weighted by Crippen LogP contribution is 2.14. The maximum absolute atomic E-state index is 12.1. The summed E-state index contributed by atoms with van der Waals surface area (Å²) in [6.07, 6.45) is 1.84. The highest BCUT2D eigenvalue weighted by atomic mass is 32.2. The van der Waals surface area contributed by atoms with Gasteiger partial charge < -0.3 is 5.11 Å². The van der Waals surface area contributed by atoms with Crippen molar-refractivity contribution in [3.05, 3.63) is 48.2 Å². The van der Waals surface area contributed by atoms with Crippen molar-refractivity contribution in [1.29, 1.82) is 0 Å². The van der Waals surface area contributed by atoms with Crippen molar-refractivity contribution in [2.24, 2.45) is 0 Å². The molecule has 0 radical (unpaired) electrons. The van der Waals surface area contributed by atoms with E-state index >= 15 is 0 Å². The topological polar surface area (TPSA) is 92.2 Å². The summed E-state index contributed by atoms with van der Waals surface area (Å²) in [5.74, 6) is 5.75. The third-order valence-electron chi connectivity index (χ3n) is 2.45. The molecule has 0 saturated heterocycles. The lowest BCUT2D eigenvalue weighted by molar-refractivity contribution is 0.305. The summed E-state index contributed by atoms with van der Waals surface area (Å²) in [5.41, 5.74) is 0.682. The molecule has 108 valence electrons. The van der Waals surface area contributed by atoms with E-state index in [2.05, 4.69) is 26.8 Å². The Morgan fingerprint density at radius 3 is 2.57 bits per heavy atom. The quantitative estimate of drug-likeness (QED) is 0.822. The van der Waals surface area contributed by atoms with Gasteiger partial charge in [-0.15, -0.1) is 5.10 Å². The Balaban J connectivity index is 2.16. The molecule has 0 amide bonds. The minimum atomic E-state index is -3.70. The Morgan fingerprint density at radius 1 is 1.19 bits per heavy atom. The fourth-order valence-electron chi connectivity index (χ4n) is 1.49. The van der Waals surface area contributed by atoms with Crippen LogP contribution >= 0.6 is 0 Å². The number of nitrogens with one attached hydrogen (secondary N) is 1. The second-order valence-electron chi connectivity index (χ2n) is 4.01. The van der Waals surface area contributed by atoms with E-state index < -0.39 is 10.0 Å². The molecule has 2 rings (SSSR count). The zero-order valence-electron chi connectivity index (χ0n) is 11.0. The molecule has 0 spiro atoms. The number of aliphatic hydroxyl groups excluding tert-OH is 1. The SMILES string of the molecule is O=S(=O)(Nc1cccnn1)c1ccc(C#CCCO)cc1. The summed E-state index contributed by atoms with van der Waals surface area (Å²) < 4.78 is 26.6. The Hall–Kier alpha value is -2.43. The van der Waals surface area contributed by atoms with Gasteiger partial charge in [0.25, 0.3) is 10.0 Å². The van der Waals surface area contributed by atoms with Gasteiger partial charge in [-0.25, -0.2) is 8.42 Å². The Labute approximate surface area is 122 Å². The number of hydrogen-bond donors (Lipinski definition) is 2. The molecule has 0 aliphatic rings. The lowest BCUT2D eigenvalue weighted by atomic mass is 10.2. The van der Waals surface area contributed by atoms with Crippen molar-refractivity contribution in [2.75, 3.05) is 11.3 Å². The van der Waals surface area contributed by atoms with Crippen LogP contribution in [-0.4, -0.2) is 30.3 Å². The van der Waals surface area contributed by atoms with Gasteiger partial charge in [-0.05, 0) is 36.4 Å². The molecular weight excluding hydrogens is 290 g/mol. The van der Waals surface area contributed by atoms with Crippen LogP contribution in [0.25, 0.3) is 0 Å². The van der Waals surface area contributed by atoms with Gasteiger partial charge in [-0.1, -0.05) is 11.8 Å². The highest BCUT2D eigenvalue weighted by molar-refractivity contribution is 7.92. The number of sulfonamides is 1. The summed E-state index contributed by atoms with van der Waals surface area (Å²) in [6.45, 7) is 0.00148. The number of nitrogens with zero attached hydrogens (tertiary/aromatic N) is 2. The van der Waals surface area contributed by atoms with Crippen LogP contribution in [0, 0.1) is 11.8 Å². The van der Waals surface area contributed by atoms with Crippen LogP contribution in [0.2, 0.25) is 0 Å². The molecule has 1 heterocycles. The fourth-order valence-corrected chi connectivity index (χ4v) is 2.49. The summed E-state index contributed by atoms with van der Waals surface area (Å²) in [4.78, 5) is 0.112. The summed E-state index contributed by atoms with van der Waals surface area (Å²) >= 11 is 0. The Kier molecular flexibility index (Phi) is 4.87. The van der Waals surface area contributed by atoms with E-state index in [-0.39, 0.29) is 17.3 Å². The molecule has 0 unspecified atom stereocenters. The van der Waals surface area contributed by atoms with E-state index in [4.69, 9.17) is 5.11 Å². The maximum Gasteiger partial charge on any atom is 0.263 e. The number of aromatic nitrogens is 2. The van der Waals surface area contributed by atoms with Gasteiger partial charge >= 0.3 is 0 Å². The molecule has 0 atom stereocenters. The van der Waals surface area contributed by atoms with Gasteiger partial charge in [0.1, 0.15) is 0 Å². The monoisotopic (exact) mass is 303 g/mol. The maximum atomic E-state index is 12.1. The molecule has 6 nitrogen and oxygen atoms in total. The standard InChI is InChI=1S/C14H13N3O3S/c18-11-2-1-4-12-6-8-13(9-7-12)21(19,20)17-14-5-3-10-15-16-14/h3,5-10,18H,2,11H2,(H,16,17). The molecule has 0 aliphatic carbocycles. The van der Waals surface area contributed by atoms with E-state index in [9.17, 15) is 8.42 Å². The smallest absolute Gasteiger partial charge is 0.263 e. The van der Waals surface area contributed by atoms with Crippen LogP contribution in [0.15, 0.2) is 47.5 Å². The van der Waals surface area contributed by atoms with Crippen molar-refractivity contribution in [3.8, 4) is 11.8 Å². The molecular formula is C14H13N3O3S. The van der Waals surface area contributed by atoms with E-state index in [1.54, 1.807) is 18.2 Å². The number of anilines is 1. The molecule has 7 heteroatoms. The third kappa shape index (κ3) is 4.27. The summed E-state index contributed by atoms with van der Waals surface area (Å²) in [6, 6.07) is 9.23. The lowest BCUT2D eigenvalue weighted by Crippen LogP contribution is -2.14. The second-order valence-corrected chi connectivity index (χ2v) is 5.70. The van der Waals surface area contributed by atoms with Crippen molar-refractivity contribution in [2.45, 2.75) is 11.3 Å². The summed E-state index contributed by atoms with van der Waals surface area (Å²) in [7, 11) is -3.70. The Morgan fingerprint density at radius 2 is 1.95 bits per heavy atom. The zero-order chi connectivity index (χ0) is 15.1. The molecule has 0 bridgehead atoms. The van der Waals surface area contributed by atoms with Gasteiger partial charge in [0.2, 0.25) is 0 Å². The zero-order valence-corrected chi connectivity index (χ0v) is 11.8.